The van der Waals surface area contributed by atoms with Crippen LogP contribution in [0.15, 0.2) is 54.6 Å². The molecule has 0 aromatic heterocycles. The fourth-order valence-electron chi connectivity index (χ4n) is 2.98. The van der Waals surface area contributed by atoms with E-state index in [9.17, 15) is 0 Å². The lowest BCUT2D eigenvalue weighted by molar-refractivity contribution is 0.0902. The van der Waals surface area contributed by atoms with Crippen LogP contribution in [0.4, 0.5) is 5.69 Å². The second-order valence-electron chi connectivity index (χ2n) is 5.79. The van der Waals surface area contributed by atoms with Crippen molar-refractivity contribution >= 4 is 5.69 Å². The van der Waals surface area contributed by atoms with E-state index < -0.39 is 0 Å². The van der Waals surface area contributed by atoms with Crippen molar-refractivity contribution in [3.05, 3.63) is 60.2 Å². The van der Waals surface area contributed by atoms with Crippen molar-refractivity contribution in [3.63, 3.8) is 0 Å². The third-order valence-electron chi connectivity index (χ3n) is 4.15. The molecule has 0 spiro atoms. The van der Waals surface area contributed by atoms with Crippen molar-refractivity contribution in [2.24, 2.45) is 0 Å². The molecule has 2 unspecified atom stereocenters. The van der Waals surface area contributed by atoms with E-state index in [0.717, 1.165) is 30.9 Å². The number of piperidine rings is 1. The van der Waals surface area contributed by atoms with Gasteiger partial charge in [-0.1, -0.05) is 30.3 Å². The molecule has 2 atom stereocenters. The minimum absolute atomic E-state index is 0.215. The van der Waals surface area contributed by atoms with E-state index in [1.54, 1.807) is 0 Å². The van der Waals surface area contributed by atoms with Crippen molar-refractivity contribution in [1.82, 2.24) is 4.90 Å². The Balaban J connectivity index is 1.79. The molecule has 2 N–H and O–H groups in total. The van der Waals surface area contributed by atoms with Gasteiger partial charge in [-0.05, 0) is 43.3 Å². The van der Waals surface area contributed by atoms with Gasteiger partial charge in [-0.2, -0.15) is 0 Å². The zero-order chi connectivity index (χ0) is 14.7. The molecule has 1 saturated heterocycles. The molecule has 0 aliphatic carbocycles. The number of ether oxygens (including phenoxy) is 1. The molecule has 21 heavy (non-hydrogen) atoms. The van der Waals surface area contributed by atoms with Gasteiger partial charge < -0.3 is 15.4 Å². The zero-order valence-electron chi connectivity index (χ0n) is 12.4. The highest BCUT2D eigenvalue weighted by Crippen LogP contribution is 2.30. The Hall–Kier alpha value is -2.00. The average molecular weight is 282 g/mol. The standard InChI is InChI=1S/C18H22N2O/c1-20-12-11-18(21-16-9-7-15(19)8-10-16)17(13-20)14-5-3-2-4-6-14/h2-10,17-18H,11-13,19H2,1H3. The van der Waals surface area contributed by atoms with Gasteiger partial charge in [0.1, 0.15) is 11.9 Å². The van der Waals surface area contributed by atoms with Crippen molar-refractivity contribution in [3.8, 4) is 5.75 Å². The number of likely N-dealkylation sites (tertiary alicyclic amines) is 1. The van der Waals surface area contributed by atoms with Crippen LogP contribution in [-0.2, 0) is 0 Å². The first-order valence-corrected chi connectivity index (χ1v) is 7.48. The van der Waals surface area contributed by atoms with Crippen molar-refractivity contribution in [2.45, 2.75) is 18.4 Å². The van der Waals surface area contributed by atoms with Gasteiger partial charge >= 0.3 is 0 Å². The lowest BCUT2D eigenvalue weighted by Gasteiger charge is -2.37. The van der Waals surface area contributed by atoms with Crippen molar-refractivity contribution in [2.75, 3.05) is 25.9 Å². The lowest BCUT2D eigenvalue weighted by atomic mass is 9.88. The molecule has 3 rings (SSSR count). The van der Waals surface area contributed by atoms with Gasteiger partial charge in [0, 0.05) is 24.7 Å². The van der Waals surface area contributed by atoms with Crippen LogP contribution in [0.5, 0.6) is 5.75 Å². The first-order chi connectivity index (χ1) is 10.2. The number of rotatable bonds is 3. The van der Waals surface area contributed by atoms with Gasteiger partial charge in [-0.3, -0.25) is 0 Å². The van der Waals surface area contributed by atoms with E-state index in [0.29, 0.717) is 5.92 Å². The van der Waals surface area contributed by atoms with Gasteiger partial charge in [-0.25, -0.2) is 0 Å². The third-order valence-corrected chi connectivity index (χ3v) is 4.15. The van der Waals surface area contributed by atoms with Crippen LogP contribution < -0.4 is 10.5 Å². The van der Waals surface area contributed by atoms with E-state index in [2.05, 4.69) is 42.3 Å². The zero-order valence-corrected chi connectivity index (χ0v) is 12.4. The molecule has 110 valence electrons. The lowest BCUT2D eigenvalue weighted by Crippen LogP contribution is -2.42. The van der Waals surface area contributed by atoms with Crippen LogP contribution in [0, 0.1) is 0 Å². The molecule has 1 aliphatic rings. The van der Waals surface area contributed by atoms with Crippen LogP contribution in [0.25, 0.3) is 0 Å². The molecule has 1 fully saturated rings. The molecule has 0 radical (unpaired) electrons. The SMILES string of the molecule is CN1CCC(Oc2ccc(N)cc2)C(c2ccccc2)C1. The Morgan fingerprint density at radius 2 is 1.76 bits per heavy atom. The molecule has 0 bridgehead atoms. The van der Waals surface area contributed by atoms with Crippen molar-refractivity contribution < 1.29 is 4.74 Å². The molecule has 3 heteroatoms. The molecule has 0 amide bonds. The summed E-state index contributed by atoms with van der Waals surface area (Å²) < 4.78 is 6.24. The topological polar surface area (TPSA) is 38.5 Å². The van der Waals surface area contributed by atoms with Crippen LogP contribution in [0.1, 0.15) is 17.9 Å². The minimum Gasteiger partial charge on any atom is -0.490 e. The molecule has 2 aromatic carbocycles. The van der Waals surface area contributed by atoms with E-state index in [1.165, 1.54) is 5.56 Å². The van der Waals surface area contributed by atoms with Gasteiger partial charge in [0.2, 0.25) is 0 Å². The smallest absolute Gasteiger partial charge is 0.119 e. The second-order valence-corrected chi connectivity index (χ2v) is 5.79. The normalized spacial score (nSPS) is 22.9. The quantitative estimate of drug-likeness (QED) is 0.879. The largest absolute Gasteiger partial charge is 0.490 e. The van der Waals surface area contributed by atoms with Gasteiger partial charge in [0.05, 0.1) is 0 Å². The predicted molar refractivity (Wildman–Crippen MR) is 86.6 cm³/mol. The molecular formula is C18H22N2O. The fourth-order valence-corrected chi connectivity index (χ4v) is 2.98. The summed E-state index contributed by atoms with van der Waals surface area (Å²) >= 11 is 0. The number of anilines is 1. The highest BCUT2D eigenvalue weighted by Gasteiger charge is 2.30. The van der Waals surface area contributed by atoms with Gasteiger partial charge in [-0.15, -0.1) is 0 Å². The maximum Gasteiger partial charge on any atom is 0.119 e. The van der Waals surface area contributed by atoms with E-state index in [1.807, 2.05) is 24.3 Å². The molecule has 3 nitrogen and oxygen atoms in total. The number of benzene rings is 2. The monoisotopic (exact) mass is 282 g/mol. The van der Waals surface area contributed by atoms with Gasteiger partial charge in [0.25, 0.3) is 0 Å². The Kier molecular flexibility index (Phi) is 4.11. The molecule has 1 heterocycles. The number of hydrogen-bond donors (Lipinski definition) is 1. The van der Waals surface area contributed by atoms with Crippen molar-refractivity contribution in [1.29, 1.82) is 0 Å². The Bertz CT molecular complexity index is 568. The number of likely N-dealkylation sites (N-methyl/N-ethyl adjacent to an activating group) is 1. The molecule has 1 aliphatic heterocycles. The summed E-state index contributed by atoms with van der Waals surface area (Å²) in [6.45, 7) is 2.10. The van der Waals surface area contributed by atoms with Crippen LogP contribution >= 0.6 is 0 Å². The minimum atomic E-state index is 0.215. The summed E-state index contributed by atoms with van der Waals surface area (Å²) in [4.78, 5) is 2.38. The molecular weight excluding hydrogens is 260 g/mol. The van der Waals surface area contributed by atoms with E-state index >= 15 is 0 Å². The number of nitrogen functional groups attached to an aromatic ring is 1. The number of nitrogens with two attached hydrogens (primary N) is 1. The summed E-state index contributed by atoms with van der Waals surface area (Å²) in [5, 5.41) is 0. The Morgan fingerprint density at radius 3 is 2.48 bits per heavy atom. The summed E-state index contributed by atoms with van der Waals surface area (Å²) in [7, 11) is 2.18. The molecule has 0 saturated carbocycles. The van der Waals surface area contributed by atoms with Crippen LogP contribution in [0.3, 0.4) is 0 Å². The van der Waals surface area contributed by atoms with Gasteiger partial charge in [0.15, 0.2) is 0 Å². The maximum atomic E-state index is 6.24. The summed E-state index contributed by atoms with van der Waals surface area (Å²) in [6, 6.07) is 18.3. The second kappa shape index (κ2) is 6.19. The average Bonchev–Trinajstić information content (AvgIpc) is 2.52. The fraction of sp³-hybridized carbons (Fsp3) is 0.333. The number of nitrogens with zero attached hydrogens (tertiary/aromatic N) is 1. The summed E-state index contributed by atoms with van der Waals surface area (Å²) in [5.74, 6) is 1.31. The van der Waals surface area contributed by atoms with Crippen LogP contribution in [0.2, 0.25) is 0 Å². The highest BCUT2D eigenvalue weighted by atomic mass is 16.5. The Labute approximate surface area is 126 Å². The highest BCUT2D eigenvalue weighted by molar-refractivity contribution is 5.41. The first kappa shape index (κ1) is 14.0. The molecule has 2 aromatic rings. The van der Waals surface area contributed by atoms with Crippen LogP contribution in [-0.4, -0.2) is 31.1 Å². The predicted octanol–water partition coefficient (Wildman–Crippen LogP) is 3.14. The van der Waals surface area contributed by atoms with E-state index in [4.69, 9.17) is 10.5 Å². The van der Waals surface area contributed by atoms with E-state index in [-0.39, 0.29) is 6.10 Å². The third kappa shape index (κ3) is 3.37. The number of hydrogen-bond acceptors (Lipinski definition) is 3. The summed E-state index contributed by atoms with van der Waals surface area (Å²) in [5.41, 5.74) is 7.85. The summed E-state index contributed by atoms with van der Waals surface area (Å²) in [6.07, 6.45) is 1.26. The maximum absolute atomic E-state index is 6.24. The first-order valence-electron chi connectivity index (χ1n) is 7.48. The Morgan fingerprint density at radius 1 is 1.05 bits per heavy atom.